The first kappa shape index (κ1) is 19.3. The molecule has 0 bridgehead atoms. The third-order valence-electron chi connectivity index (χ3n) is 4.94. The molecule has 2 heterocycles. The van der Waals surface area contributed by atoms with Gasteiger partial charge in [0.2, 0.25) is 0 Å². The Balaban J connectivity index is 1.45. The molecule has 1 aromatic heterocycles. The summed E-state index contributed by atoms with van der Waals surface area (Å²) in [6, 6.07) is 17.7. The zero-order valence-electron chi connectivity index (χ0n) is 15.5. The van der Waals surface area contributed by atoms with E-state index in [0.29, 0.717) is 21.6 Å². The number of anilines is 1. The van der Waals surface area contributed by atoms with E-state index in [1.807, 2.05) is 12.1 Å². The van der Waals surface area contributed by atoms with Crippen LogP contribution in [0.4, 0.5) is 5.69 Å². The van der Waals surface area contributed by atoms with Crippen molar-refractivity contribution < 1.29 is 4.42 Å². The van der Waals surface area contributed by atoms with E-state index in [1.165, 1.54) is 11.3 Å². The van der Waals surface area contributed by atoms with Crippen LogP contribution < -0.4 is 4.90 Å². The van der Waals surface area contributed by atoms with Crippen molar-refractivity contribution in [2.24, 2.45) is 0 Å². The van der Waals surface area contributed by atoms with Crippen molar-refractivity contribution in [2.45, 2.75) is 6.92 Å². The third kappa shape index (κ3) is 4.04. The second-order valence-corrected chi connectivity index (χ2v) is 8.14. The molecule has 0 unspecified atom stereocenters. The second-order valence-electron chi connectivity index (χ2n) is 6.91. The molecule has 1 saturated heterocycles. The average Bonchev–Trinajstić information content (AvgIpc) is 3.19. The van der Waals surface area contributed by atoms with E-state index >= 15 is 0 Å². The van der Waals surface area contributed by atoms with E-state index in [2.05, 4.69) is 41.0 Å². The Morgan fingerprint density at radius 2 is 1.75 bits per heavy atom. The first-order valence-corrected chi connectivity index (χ1v) is 10.3. The molecule has 0 amide bonds. The molecule has 4 rings (SSSR count). The maximum atomic E-state index is 6.29. The molecule has 0 atom stereocenters. The molecule has 6 heteroatoms. The quantitative estimate of drug-likeness (QED) is 0.470. The van der Waals surface area contributed by atoms with Gasteiger partial charge in [-0.2, -0.15) is 0 Å². The van der Waals surface area contributed by atoms with Gasteiger partial charge in [-0.05, 0) is 55.0 Å². The van der Waals surface area contributed by atoms with Gasteiger partial charge >= 0.3 is 0 Å². The maximum absolute atomic E-state index is 6.29. The van der Waals surface area contributed by atoms with Crippen LogP contribution in [0.5, 0.6) is 0 Å². The van der Waals surface area contributed by atoms with Gasteiger partial charge in [0.25, 0.3) is 0 Å². The Bertz CT molecular complexity index is 1010. The fourth-order valence-electron chi connectivity index (χ4n) is 3.43. The topological polar surface area (TPSA) is 19.6 Å². The zero-order valence-corrected chi connectivity index (χ0v) is 17.8. The molecule has 1 aliphatic heterocycles. The largest absolute Gasteiger partial charge is 0.454 e. The number of thiocarbonyl (C=S) groups is 1. The van der Waals surface area contributed by atoms with Crippen LogP contribution in [0.25, 0.3) is 11.3 Å². The molecule has 28 heavy (non-hydrogen) atoms. The molecule has 3 aromatic rings. The molecular weight excluding hydrogens is 411 g/mol. The van der Waals surface area contributed by atoms with Crippen LogP contribution in [0.3, 0.4) is 0 Å². The Labute approximate surface area is 180 Å². The van der Waals surface area contributed by atoms with E-state index in [4.69, 9.17) is 39.8 Å². The van der Waals surface area contributed by atoms with Crippen molar-refractivity contribution in [1.29, 1.82) is 0 Å². The number of hydrogen-bond acceptors (Lipinski definition) is 3. The highest BCUT2D eigenvalue weighted by molar-refractivity contribution is 7.80. The summed E-state index contributed by atoms with van der Waals surface area (Å²) < 4.78 is 6.01. The SMILES string of the molecule is Cc1cccc(N2CCN(C(=S)c3ccc(-c4cc(Cl)ccc4Cl)o3)CC2)c1. The summed E-state index contributed by atoms with van der Waals surface area (Å²) in [5.74, 6) is 1.35. The standard InChI is InChI=1S/C22H20Cl2N2OS/c1-15-3-2-4-17(13-15)25-9-11-26(12-10-25)22(28)21-8-7-20(27-21)18-14-16(23)5-6-19(18)24/h2-8,13-14H,9-12H2,1H3. The van der Waals surface area contributed by atoms with Gasteiger partial charge in [-0.1, -0.05) is 47.6 Å². The highest BCUT2D eigenvalue weighted by Crippen LogP contribution is 2.32. The highest BCUT2D eigenvalue weighted by Gasteiger charge is 2.22. The van der Waals surface area contributed by atoms with Crippen molar-refractivity contribution in [1.82, 2.24) is 4.90 Å². The molecule has 2 aromatic carbocycles. The van der Waals surface area contributed by atoms with Crippen LogP contribution in [0.15, 0.2) is 59.0 Å². The molecule has 0 saturated carbocycles. The van der Waals surface area contributed by atoms with Crippen LogP contribution >= 0.6 is 35.4 Å². The summed E-state index contributed by atoms with van der Waals surface area (Å²) in [6.07, 6.45) is 0. The molecule has 1 fully saturated rings. The number of furan rings is 1. The summed E-state index contributed by atoms with van der Waals surface area (Å²) in [5, 5.41) is 1.22. The van der Waals surface area contributed by atoms with E-state index in [0.717, 1.165) is 36.7 Å². The van der Waals surface area contributed by atoms with Crippen LogP contribution in [-0.2, 0) is 0 Å². The zero-order chi connectivity index (χ0) is 19.7. The molecule has 0 aliphatic carbocycles. The minimum atomic E-state index is 0.600. The van der Waals surface area contributed by atoms with Crippen LogP contribution in [0.1, 0.15) is 11.3 Å². The summed E-state index contributed by atoms with van der Waals surface area (Å²) in [5.41, 5.74) is 3.31. The lowest BCUT2D eigenvalue weighted by Crippen LogP contribution is -2.48. The van der Waals surface area contributed by atoms with Crippen LogP contribution in [0, 0.1) is 6.92 Å². The number of halogens is 2. The summed E-state index contributed by atoms with van der Waals surface area (Å²) in [7, 11) is 0. The molecule has 3 nitrogen and oxygen atoms in total. The van der Waals surface area contributed by atoms with Crippen LogP contribution in [0.2, 0.25) is 10.0 Å². The van der Waals surface area contributed by atoms with Gasteiger partial charge in [-0.25, -0.2) is 0 Å². The first-order chi connectivity index (χ1) is 13.5. The van der Waals surface area contributed by atoms with Gasteiger partial charge in [0.15, 0.2) is 5.76 Å². The van der Waals surface area contributed by atoms with E-state index in [-0.39, 0.29) is 0 Å². The minimum Gasteiger partial charge on any atom is -0.454 e. The van der Waals surface area contributed by atoms with Gasteiger partial charge < -0.3 is 14.2 Å². The lowest BCUT2D eigenvalue weighted by molar-refractivity contribution is 0.385. The van der Waals surface area contributed by atoms with E-state index in [1.54, 1.807) is 18.2 Å². The number of nitrogens with zero attached hydrogens (tertiary/aromatic N) is 2. The lowest BCUT2D eigenvalue weighted by atomic mass is 10.2. The Morgan fingerprint density at radius 3 is 2.50 bits per heavy atom. The normalized spacial score (nSPS) is 14.4. The van der Waals surface area contributed by atoms with E-state index in [9.17, 15) is 0 Å². The number of hydrogen-bond donors (Lipinski definition) is 0. The van der Waals surface area contributed by atoms with Crippen molar-refractivity contribution in [2.75, 3.05) is 31.1 Å². The van der Waals surface area contributed by atoms with Gasteiger partial charge in [0.05, 0.1) is 5.02 Å². The first-order valence-electron chi connectivity index (χ1n) is 9.17. The predicted octanol–water partition coefficient (Wildman–Crippen LogP) is 6.06. The number of rotatable bonds is 3. The Hall–Kier alpha value is -2.01. The maximum Gasteiger partial charge on any atom is 0.162 e. The van der Waals surface area contributed by atoms with Gasteiger partial charge in [-0.3, -0.25) is 0 Å². The van der Waals surface area contributed by atoms with Crippen LogP contribution in [-0.4, -0.2) is 36.1 Å². The summed E-state index contributed by atoms with van der Waals surface area (Å²) in [6.45, 7) is 5.70. The van der Waals surface area contributed by atoms with Gasteiger partial charge in [-0.15, -0.1) is 0 Å². The summed E-state index contributed by atoms with van der Waals surface area (Å²) >= 11 is 18.1. The number of benzene rings is 2. The Morgan fingerprint density at radius 1 is 0.964 bits per heavy atom. The lowest BCUT2D eigenvalue weighted by Gasteiger charge is -2.37. The Kier molecular flexibility index (Phi) is 5.63. The summed E-state index contributed by atoms with van der Waals surface area (Å²) in [4.78, 5) is 5.32. The van der Waals surface area contributed by atoms with E-state index < -0.39 is 0 Å². The molecule has 0 spiro atoms. The highest BCUT2D eigenvalue weighted by atomic mass is 35.5. The number of piperazine rings is 1. The fraction of sp³-hybridized carbons (Fsp3) is 0.227. The molecule has 144 valence electrons. The molecule has 0 radical (unpaired) electrons. The minimum absolute atomic E-state index is 0.600. The molecule has 0 N–H and O–H groups in total. The molecular formula is C22H20Cl2N2OS. The molecule has 1 aliphatic rings. The average molecular weight is 431 g/mol. The van der Waals surface area contributed by atoms with Gasteiger partial charge in [0.1, 0.15) is 10.7 Å². The van der Waals surface area contributed by atoms with Crippen molar-refractivity contribution >= 4 is 46.1 Å². The number of aryl methyl sites for hydroxylation is 1. The van der Waals surface area contributed by atoms with Crippen molar-refractivity contribution in [3.63, 3.8) is 0 Å². The third-order valence-corrected chi connectivity index (χ3v) is 5.97. The fourth-order valence-corrected chi connectivity index (χ4v) is 4.11. The second kappa shape index (κ2) is 8.16. The predicted molar refractivity (Wildman–Crippen MR) is 121 cm³/mol. The monoisotopic (exact) mass is 430 g/mol. The van der Waals surface area contributed by atoms with Crippen molar-refractivity contribution in [3.8, 4) is 11.3 Å². The van der Waals surface area contributed by atoms with Gasteiger partial charge in [0, 0.05) is 42.5 Å². The van der Waals surface area contributed by atoms with Crippen molar-refractivity contribution in [3.05, 3.63) is 76.0 Å². The smallest absolute Gasteiger partial charge is 0.162 e.